The lowest BCUT2D eigenvalue weighted by Gasteiger charge is -2.42. The van der Waals surface area contributed by atoms with Crippen molar-refractivity contribution in [3.05, 3.63) is 172 Å². The Morgan fingerprint density at radius 1 is 0.513 bits per heavy atom. The van der Waals surface area contributed by atoms with Crippen molar-refractivity contribution < 1.29 is 50.9 Å². The van der Waals surface area contributed by atoms with Crippen LogP contribution in [0.2, 0.25) is 0 Å². The molecule has 119 heavy (non-hydrogen) atoms. The number of para-hydroxylation sites is 1. The molecule has 0 N–H and O–H groups in total. The lowest BCUT2D eigenvalue weighted by Crippen LogP contribution is -2.56. The largest absolute Gasteiger partial charge is 0.574 e. The number of carbonyl (C=O) groups excluding carboxylic acids is 3. The fraction of sp³-hybridized carbons (Fsp3) is 0.523. The molecule has 0 radical (unpaired) electrons. The van der Waals surface area contributed by atoms with Crippen LogP contribution >= 0.6 is 0 Å². The van der Waals surface area contributed by atoms with Crippen LogP contribution in [0.3, 0.4) is 0 Å². The molecule has 4 aromatic heterocycles. The zero-order valence-corrected chi connectivity index (χ0v) is 68.6. The Bertz CT molecular complexity index is 4790. The van der Waals surface area contributed by atoms with Gasteiger partial charge in [-0.15, -0.1) is 13.2 Å². The highest BCUT2D eigenvalue weighted by atomic mass is 19.4. The summed E-state index contributed by atoms with van der Waals surface area (Å²) in [5.41, 5.74) is 10.1. The molecule has 0 spiro atoms. The van der Waals surface area contributed by atoms with Gasteiger partial charge in [0, 0.05) is 125 Å². The van der Waals surface area contributed by atoms with Gasteiger partial charge >= 0.3 is 24.4 Å². The van der Waals surface area contributed by atoms with Gasteiger partial charge in [0.2, 0.25) is 36.7 Å². The van der Waals surface area contributed by atoms with Crippen LogP contribution in [0.1, 0.15) is 89.8 Å². The van der Waals surface area contributed by atoms with Gasteiger partial charge in [0.15, 0.2) is 0 Å². The molecule has 6 aromatic rings. The molecular weight excluding hydrogens is 1530 g/mol. The summed E-state index contributed by atoms with van der Waals surface area (Å²) in [6, 6.07) is 19.6. The topological polar surface area (TPSA) is 250 Å². The number of anilines is 6. The molecular formula is C86H106F4N22O7. The summed E-state index contributed by atoms with van der Waals surface area (Å²) >= 11 is 0. The van der Waals surface area contributed by atoms with Crippen molar-refractivity contribution in [1.29, 1.82) is 5.26 Å². The number of fused-ring (bicyclic) bond motifs is 3. The molecule has 33 heteroatoms. The first-order chi connectivity index (χ1) is 57.5. The van der Waals surface area contributed by atoms with Crippen LogP contribution in [0.5, 0.6) is 23.9 Å². The second-order valence-electron chi connectivity index (χ2n) is 31.6. The lowest BCUT2D eigenvalue weighted by molar-refractivity contribution is -0.276. The predicted octanol–water partition coefficient (Wildman–Crippen LogP) is 8.95. The quantitative estimate of drug-likeness (QED) is 0.0349. The standard InChI is InChI=1S/C30H39N7O2.C28H33F3N8O3.C28H34FN7O2/c1-6-28(38)37-16-15-36(18-24(37)17-31-4)29-25-12-14-35(27-11-7-9-21(2)22(27)3)19-26(25)32-30(33-29)39-20-23-10-8-13-34(23)5;1-3-24(40)39-15-14-38(16-19(39)8-10-32)25-21-9-13-37(23-7-4-11-33-26(23)42-28(29,30)31)17-22(21)34-27(35-25)41-18-20-6-5-12-36(20)2;1-4-26(37)36-15-14-35(17-21(36)16-30-2)27-22-11-13-34(25-10-6-5-9-23(25)29)18-24(22)31-28(32-27)38-19-20-8-7-12-33(20)3/h6-7,9,11,23-24H,1,8,10,12-20H2,2-3,5H3;3-4,7,11,19-20H,1,5-6,8-9,12-18H2,2H3;4-6,9-10,20-21H,1,7-8,11-19H2,3H3/t23-,24?;19?,20-;20-,21?/m000/s1. The summed E-state index contributed by atoms with van der Waals surface area (Å²) in [6.07, 6.45) is 8.96. The van der Waals surface area contributed by atoms with Gasteiger partial charge in [0.1, 0.15) is 60.9 Å². The van der Waals surface area contributed by atoms with Gasteiger partial charge in [0.05, 0.1) is 60.9 Å². The van der Waals surface area contributed by atoms with Crippen molar-refractivity contribution in [2.75, 3.05) is 182 Å². The normalized spacial score (nSPS) is 21.4. The second kappa shape index (κ2) is 38.9. The zero-order chi connectivity index (χ0) is 84.0. The maximum Gasteiger partial charge on any atom is 0.574 e. The highest BCUT2D eigenvalue weighted by Crippen LogP contribution is 2.40. The second-order valence-corrected chi connectivity index (χ2v) is 31.6. The fourth-order valence-electron chi connectivity index (χ4n) is 17.6. The van der Waals surface area contributed by atoms with E-state index >= 15 is 0 Å². The molecule has 2 aromatic carbocycles. The van der Waals surface area contributed by atoms with E-state index in [1.54, 1.807) is 37.8 Å². The van der Waals surface area contributed by atoms with Gasteiger partial charge < -0.3 is 87.4 Å². The highest BCUT2D eigenvalue weighted by Gasteiger charge is 2.41. The first-order valence-corrected chi connectivity index (χ1v) is 41.1. The van der Waals surface area contributed by atoms with Crippen molar-refractivity contribution >= 4 is 52.2 Å². The number of benzene rings is 2. The van der Waals surface area contributed by atoms with E-state index in [0.29, 0.717) is 159 Å². The summed E-state index contributed by atoms with van der Waals surface area (Å²) < 4.78 is 76.6. The molecule has 0 aliphatic carbocycles. The predicted molar refractivity (Wildman–Crippen MR) is 444 cm³/mol. The number of nitriles is 1. The number of hydrogen-bond donors (Lipinski definition) is 0. The Morgan fingerprint density at radius 3 is 1.30 bits per heavy atom. The molecule has 13 heterocycles. The minimum Gasteiger partial charge on any atom is -0.462 e. The lowest BCUT2D eigenvalue weighted by atomic mass is 10.0. The number of piperazine rings is 3. The van der Waals surface area contributed by atoms with E-state index in [1.807, 2.05) is 22.9 Å². The van der Waals surface area contributed by atoms with E-state index in [0.717, 1.165) is 104 Å². The number of pyridine rings is 1. The van der Waals surface area contributed by atoms with E-state index in [1.165, 1.54) is 59.8 Å². The summed E-state index contributed by atoms with van der Waals surface area (Å²) in [5, 5.41) is 9.44. The average Bonchev–Trinajstić information content (AvgIpc) is 1.17. The molecule has 6 fully saturated rings. The van der Waals surface area contributed by atoms with Gasteiger partial charge in [-0.2, -0.15) is 35.2 Å². The highest BCUT2D eigenvalue weighted by molar-refractivity contribution is 5.88. The van der Waals surface area contributed by atoms with E-state index < -0.39 is 12.2 Å². The molecule has 0 bridgehead atoms. The number of halogens is 4. The molecule has 630 valence electrons. The number of rotatable bonds is 22. The Labute approximate surface area is 693 Å². The number of aromatic nitrogens is 7. The Hall–Kier alpha value is -11.5. The van der Waals surface area contributed by atoms with Gasteiger partial charge in [0.25, 0.3) is 0 Å². The molecule has 3 amide bonds. The number of amides is 3. The number of carbonyl (C=O) groups is 3. The minimum absolute atomic E-state index is 0.123. The Balaban J connectivity index is 0.000000155. The van der Waals surface area contributed by atoms with Crippen LogP contribution in [0.25, 0.3) is 9.69 Å². The van der Waals surface area contributed by atoms with E-state index in [9.17, 15) is 37.2 Å². The van der Waals surface area contributed by atoms with Crippen LogP contribution in [-0.4, -0.2) is 277 Å². The number of likely N-dealkylation sites (tertiary alicyclic amines) is 3. The first kappa shape index (κ1) is 85.4. The monoisotopic (exact) mass is 1630 g/mol. The molecule has 3 unspecified atom stereocenters. The maximum atomic E-state index is 14.6. The summed E-state index contributed by atoms with van der Waals surface area (Å²) in [4.78, 5) is 102. The minimum atomic E-state index is -4.88. The van der Waals surface area contributed by atoms with Crippen molar-refractivity contribution in [3.63, 3.8) is 0 Å². The van der Waals surface area contributed by atoms with Crippen molar-refractivity contribution in [2.45, 2.75) is 140 Å². The van der Waals surface area contributed by atoms with Crippen LogP contribution < -0.4 is 48.3 Å². The summed E-state index contributed by atoms with van der Waals surface area (Å²) in [6.45, 7) is 42.9. The van der Waals surface area contributed by atoms with Crippen molar-refractivity contribution in [2.24, 2.45) is 0 Å². The van der Waals surface area contributed by atoms with Gasteiger partial charge in [-0.3, -0.25) is 14.4 Å². The smallest absolute Gasteiger partial charge is 0.462 e. The molecule has 6 saturated heterocycles. The van der Waals surface area contributed by atoms with Crippen molar-refractivity contribution in [3.8, 4) is 30.0 Å². The number of alkyl halides is 3. The Kier molecular flexibility index (Phi) is 28.0. The molecule has 29 nitrogen and oxygen atoms in total. The maximum absolute atomic E-state index is 14.6. The number of likely N-dealkylation sites (N-methyl/N-ethyl adjacent to an activating group) is 3. The molecule has 9 aliphatic heterocycles. The SMILES string of the molecule is C=CC(=O)N1CCN(c2nc(OC[C@@H]3CCCN3C)nc3c2CCN(c2cccnc2OC(F)(F)F)C3)CC1CC#N.[C-]#[N+]CC1CN(c2nc(OC[C@@H]3CCCN3C)nc3c2CCN(c2cccc(C)c2C)C3)CCN1C(=O)C=C.[C-]#[N+]CC1CN(c2nc(OC[C@@H]3CCCN3C)nc3c2CCN(c2ccccc2F)C3)CCN1C(=O)C=C. The number of hydrogen-bond acceptors (Lipinski definition) is 24. The van der Waals surface area contributed by atoms with Crippen LogP contribution in [0.4, 0.5) is 52.1 Å². The summed E-state index contributed by atoms with van der Waals surface area (Å²) in [5.74, 6) is 1.04. The van der Waals surface area contributed by atoms with Crippen LogP contribution in [0, 0.1) is 44.1 Å². The van der Waals surface area contributed by atoms with E-state index in [2.05, 4.69) is 121 Å². The van der Waals surface area contributed by atoms with Gasteiger partial charge in [-0.25, -0.2) is 22.5 Å². The first-order valence-electron chi connectivity index (χ1n) is 41.1. The average molecular weight is 1640 g/mol. The molecule has 15 rings (SSSR count). The third kappa shape index (κ3) is 20.3. The molecule has 6 atom stereocenters. The summed E-state index contributed by atoms with van der Waals surface area (Å²) in [7, 11) is 6.30. The number of aryl methyl sites for hydroxylation is 1. The van der Waals surface area contributed by atoms with Gasteiger partial charge in [-0.05, 0) is 172 Å². The number of nitrogens with zero attached hydrogens (tertiary/aromatic N) is 22. The zero-order valence-electron chi connectivity index (χ0n) is 68.6. The van der Waals surface area contributed by atoms with E-state index in [-0.39, 0.29) is 85.5 Å². The van der Waals surface area contributed by atoms with Crippen LogP contribution in [-0.2, 0) is 53.3 Å². The Morgan fingerprint density at radius 2 is 0.908 bits per heavy atom. The van der Waals surface area contributed by atoms with E-state index in [4.69, 9.17) is 57.3 Å². The third-order valence-corrected chi connectivity index (χ3v) is 24.4. The number of ether oxygens (including phenoxy) is 4. The van der Waals surface area contributed by atoms with Crippen molar-refractivity contribution in [1.82, 2.24) is 64.3 Å². The molecule has 0 saturated carbocycles. The van der Waals surface area contributed by atoms with Gasteiger partial charge in [-0.1, -0.05) is 44.0 Å². The van der Waals surface area contributed by atoms with Crippen LogP contribution in [0.15, 0.2) is 98.8 Å². The third-order valence-electron chi connectivity index (χ3n) is 24.4. The fourth-order valence-corrected chi connectivity index (χ4v) is 17.6. The molecule has 9 aliphatic rings.